The number of benzene rings is 1. The van der Waals surface area contributed by atoms with Crippen molar-refractivity contribution in [2.24, 2.45) is 17.6 Å². The maximum atomic E-state index is 12.8. The van der Waals surface area contributed by atoms with Gasteiger partial charge in [-0.1, -0.05) is 32.0 Å². The molecule has 0 aromatic heterocycles. The predicted octanol–water partition coefficient (Wildman–Crippen LogP) is 1.56. The maximum absolute atomic E-state index is 12.8. The zero-order chi connectivity index (χ0) is 18.4. The van der Waals surface area contributed by atoms with Crippen LogP contribution in [0.2, 0.25) is 0 Å². The number of rotatable bonds is 5. The lowest BCUT2D eigenvalue weighted by atomic mass is 9.94. The van der Waals surface area contributed by atoms with Crippen LogP contribution in [0.3, 0.4) is 0 Å². The van der Waals surface area contributed by atoms with Gasteiger partial charge in [0.25, 0.3) is 0 Å². The Morgan fingerprint density at radius 1 is 1.12 bits per heavy atom. The molecule has 0 radical (unpaired) electrons. The highest BCUT2D eigenvalue weighted by molar-refractivity contribution is 5.93. The highest BCUT2D eigenvalue weighted by atomic mass is 16.2. The van der Waals surface area contributed by atoms with Crippen molar-refractivity contribution in [3.05, 3.63) is 30.3 Å². The standard InChI is InChI=1S/C18H26N4O3/c1-12(2)15(21-18(25)20-14-6-4-3-5-7-14)17(24)22-10-8-13(9-11-22)16(19)23/h3-7,12-13,15H,8-11H2,1-2H3,(H2,19,23)(H2,20,21,25). The molecule has 1 aliphatic rings. The molecule has 1 aromatic rings. The third-order valence-corrected chi connectivity index (χ3v) is 4.46. The van der Waals surface area contributed by atoms with Gasteiger partial charge in [0.1, 0.15) is 6.04 Å². The number of anilines is 1. The Labute approximate surface area is 147 Å². The first-order chi connectivity index (χ1) is 11.9. The number of hydrogen-bond donors (Lipinski definition) is 3. The molecule has 4 amide bonds. The van der Waals surface area contributed by atoms with E-state index in [4.69, 9.17) is 5.73 Å². The molecule has 0 spiro atoms. The minimum Gasteiger partial charge on any atom is -0.369 e. The number of nitrogens with zero attached hydrogens (tertiary/aromatic N) is 1. The Morgan fingerprint density at radius 3 is 2.24 bits per heavy atom. The summed E-state index contributed by atoms with van der Waals surface area (Å²) in [5.41, 5.74) is 5.99. The predicted molar refractivity (Wildman–Crippen MR) is 95.7 cm³/mol. The van der Waals surface area contributed by atoms with Gasteiger partial charge >= 0.3 is 6.03 Å². The van der Waals surface area contributed by atoms with Gasteiger partial charge in [0.05, 0.1) is 0 Å². The minimum atomic E-state index is -0.617. The lowest BCUT2D eigenvalue weighted by molar-refractivity contribution is -0.137. The molecule has 7 nitrogen and oxygen atoms in total. The van der Waals surface area contributed by atoms with E-state index in [1.807, 2.05) is 32.0 Å². The molecule has 0 bridgehead atoms. The van der Waals surface area contributed by atoms with Crippen molar-refractivity contribution in [2.45, 2.75) is 32.7 Å². The first-order valence-corrected chi connectivity index (χ1v) is 8.59. The fourth-order valence-corrected chi connectivity index (χ4v) is 2.92. The average molecular weight is 346 g/mol. The number of carbonyl (C=O) groups excluding carboxylic acids is 3. The van der Waals surface area contributed by atoms with Gasteiger partial charge in [-0.15, -0.1) is 0 Å². The smallest absolute Gasteiger partial charge is 0.319 e. The number of likely N-dealkylation sites (tertiary alicyclic amines) is 1. The topological polar surface area (TPSA) is 105 Å². The van der Waals surface area contributed by atoms with Crippen molar-refractivity contribution in [1.82, 2.24) is 10.2 Å². The first kappa shape index (κ1) is 18.8. The zero-order valence-electron chi connectivity index (χ0n) is 14.7. The Balaban J connectivity index is 1.94. The van der Waals surface area contributed by atoms with Gasteiger partial charge in [0.15, 0.2) is 0 Å². The quantitative estimate of drug-likeness (QED) is 0.753. The van der Waals surface area contributed by atoms with E-state index in [2.05, 4.69) is 10.6 Å². The number of carbonyl (C=O) groups is 3. The Bertz CT molecular complexity index is 610. The van der Waals surface area contributed by atoms with E-state index in [9.17, 15) is 14.4 Å². The number of piperidine rings is 1. The Morgan fingerprint density at radius 2 is 1.72 bits per heavy atom. The van der Waals surface area contributed by atoms with Crippen LogP contribution in [0.5, 0.6) is 0 Å². The molecule has 0 saturated carbocycles. The molecule has 7 heteroatoms. The Kier molecular flexibility index (Phi) is 6.38. The molecule has 1 aliphatic heterocycles. The van der Waals surface area contributed by atoms with Gasteiger partial charge < -0.3 is 21.3 Å². The van der Waals surface area contributed by atoms with Crippen LogP contribution in [0, 0.1) is 11.8 Å². The molecule has 4 N–H and O–H groups in total. The normalized spacial score (nSPS) is 16.4. The second-order valence-corrected chi connectivity index (χ2v) is 6.69. The summed E-state index contributed by atoms with van der Waals surface area (Å²) in [6.45, 7) is 4.75. The summed E-state index contributed by atoms with van der Waals surface area (Å²) in [5, 5.41) is 5.49. The maximum Gasteiger partial charge on any atom is 0.319 e. The fourth-order valence-electron chi connectivity index (χ4n) is 2.92. The third-order valence-electron chi connectivity index (χ3n) is 4.46. The van der Waals surface area contributed by atoms with Crippen molar-refractivity contribution in [3.8, 4) is 0 Å². The fraction of sp³-hybridized carbons (Fsp3) is 0.500. The van der Waals surface area contributed by atoms with Crippen molar-refractivity contribution in [1.29, 1.82) is 0 Å². The molecule has 1 fully saturated rings. The summed E-state index contributed by atoms with van der Waals surface area (Å²) in [7, 11) is 0. The van der Waals surface area contributed by atoms with E-state index in [0.29, 0.717) is 31.6 Å². The van der Waals surface area contributed by atoms with E-state index in [1.165, 1.54) is 0 Å². The molecule has 136 valence electrons. The van der Waals surface area contributed by atoms with Crippen molar-refractivity contribution in [2.75, 3.05) is 18.4 Å². The average Bonchev–Trinajstić information content (AvgIpc) is 2.60. The SMILES string of the molecule is CC(C)C(NC(=O)Nc1ccccc1)C(=O)N1CCC(C(N)=O)CC1. The molecule has 1 atom stereocenters. The second kappa shape index (κ2) is 8.50. The lowest BCUT2D eigenvalue weighted by Gasteiger charge is -2.34. The zero-order valence-corrected chi connectivity index (χ0v) is 14.7. The largest absolute Gasteiger partial charge is 0.369 e. The van der Waals surface area contributed by atoms with Gasteiger partial charge in [0, 0.05) is 24.7 Å². The number of para-hydroxylation sites is 1. The summed E-state index contributed by atoms with van der Waals surface area (Å²) in [5.74, 6) is -0.659. The van der Waals surface area contributed by atoms with Crippen LogP contribution in [-0.4, -0.2) is 41.9 Å². The number of nitrogens with two attached hydrogens (primary N) is 1. The molecule has 25 heavy (non-hydrogen) atoms. The van der Waals surface area contributed by atoms with Crippen LogP contribution in [-0.2, 0) is 9.59 Å². The number of primary amides is 1. The lowest BCUT2D eigenvalue weighted by Crippen LogP contribution is -2.54. The van der Waals surface area contributed by atoms with Gasteiger partial charge in [-0.2, -0.15) is 0 Å². The first-order valence-electron chi connectivity index (χ1n) is 8.59. The summed E-state index contributed by atoms with van der Waals surface area (Å²) in [6, 6.07) is 8.03. The molecular formula is C18H26N4O3. The molecule has 1 aromatic carbocycles. The van der Waals surface area contributed by atoms with E-state index >= 15 is 0 Å². The number of urea groups is 1. The summed E-state index contributed by atoms with van der Waals surface area (Å²) >= 11 is 0. The molecule has 2 rings (SSSR count). The van der Waals surface area contributed by atoms with Crippen LogP contribution in [0.25, 0.3) is 0 Å². The minimum absolute atomic E-state index is 0.0529. The molecule has 1 heterocycles. The van der Waals surface area contributed by atoms with Crippen molar-refractivity contribution in [3.63, 3.8) is 0 Å². The van der Waals surface area contributed by atoms with Gasteiger partial charge in [-0.25, -0.2) is 4.79 Å². The van der Waals surface area contributed by atoms with E-state index in [-0.39, 0.29) is 23.7 Å². The molecule has 1 unspecified atom stereocenters. The highest BCUT2D eigenvalue weighted by Gasteiger charge is 2.32. The van der Waals surface area contributed by atoms with E-state index < -0.39 is 12.1 Å². The van der Waals surface area contributed by atoms with Crippen LogP contribution < -0.4 is 16.4 Å². The molecule has 1 saturated heterocycles. The third kappa shape index (κ3) is 5.20. The Hall–Kier alpha value is -2.57. The van der Waals surface area contributed by atoms with Crippen LogP contribution in [0.1, 0.15) is 26.7 Å². The summed E-state index contributed by atoms with van der Waals surface area (Å²) in [4.78, 5) is 37.9. The van der Waals surface area contributed by atoms with Crippen molar-refractivity contribution >= 4 is 23.5 Å². The van der Waals surface area contributed by atoms with Crippen LogP contribution in [0.15, 0.2) is 30.3 Å². The summed E-state index contributed by atoms with van der Waals surface area (Å²) < 4.78 is 0. The highest BCUT2D eigenvalue weighted by Crippen LogP contribution is 2.19. The van der Waals surface area contributed by atoms with Crippen molar-refractivity contribution < 1.29 is 14.4 Å². The van der Waals surface area contributed by atoms with E-state index in [0.717, 1.165) is 0 Å². The second-order valence-electron chi connectivity index (χ2n) is 6.69. The molecular weight excluding hydrogens is 320 g/mol. The monoisotopic (exact) mass is 346 g/mol. The molecule has 0 aliphatic carbocycles. The number of amides is 4. The van der Waals surface area contributed by atoms with Crippen LogP contribution >= 0.6 is 0 Å². The number of hydrogen-bond acceptors (Lipinski definition) is 3. The van der Waals surface area contributed by atoms with Gasteiger partial charge in [-0.05, 0) is 30.9 Å². The van der Waals surface area contributed by atoms with E-state index in [1.54, 1.807) is 17.0 Å². The van der Waals surface area contributed by atoms with Gasteiger partial charge in [0.2, 0.25) is 11.8 Å². The summed E-state index contributed by atoms with van der Waals surface area (Å²) in [6.07, 6.45) is 1.14. The van der Waals surface area contributed by atoms with Gasteiger partial charge in [-0.3, -0.25) is 9.59 Å². The number of nitrogens with one attached hydrogen (secondary N) is 2. The van der Waals surface area contributed by atoms with Crippen LogP contribution in [0.4, 0.5) is 10.5 Å².